The summed E-state index contributed by atoms with van der Waals surface area (Å²) in [6.07, 6.45) is 5.65. The maximum absolute atomic E-state index is 5.34. The molecule has 0 fully saturated rings. The zero-order valence-corrected chi connectivity index (χ0v) is 13.3. The van der Waals surface area contributed by atoms with Gasteiger partial charge in [0.2, 0.25) is 11.7 Å². The Morgan fingerprint density at radius 3 is 2.91 bits per heavy atom. The van der Waals surface area contributed by atoms with Gasteiger partial charge in [-0.05, 0) is 38.2 Å². The van der Waals surface area contributed by atoms with E-state index in [1.54, 1.807) is 6.26 Å². The number of hydrogen-bond donors (Lipinski definition) is 0. The first-order valence-corrected chi connectivity index (χ1v) is 7.49. The van der Waals surface area contributed by atoms with E-state index in [1.807, 2.05) is 62.5 Å². The van der Waals surface area contributed by atoms with Crippen molar-refractivity contribution in [3.63, 3.8) is 0 Å². The molecule has 0 aliphatic rings. The lowest BCUT2D eigenvalue weighted by atomic mass is 10.1. The predicted molar refractivity (Wildman–Crippen MR) is 88.5 cm³/mol. The molecule has 0 aliphatic heterocycles. The van der Waals surface area contributed by atoms with Crippen LogP contribution in [0.15, 0.2) is 57.7 Å². The van der Waals surface area contributed by atoms with Gasteiger partial charge in [0.15, 0.2) is 0 Å². The maximum Gasteiger partial charge on any atom is 0.241 e. The monoisotopic (exact) mass is 309 g/mol. The highest BCUT2D eigenvalue weighted by atomic mass is 16.5. The van der Waals surface area contributed by atoms with E-state index in [0.29, 0.717) is 18.3 Å². The third-order valence-electron chi connectivity index (χ3n) is 3.39. The Hall–Kier alpha value is -2.66. The zero-order chi connectivity index (χ0) is 16.1. The zero-order valence-electron chi connectivity index (χ0n) is 13.3. The molecule has 0 unspecified atom stereocenters. The molecule has 3 aromatic rings. The molecule has 0 atom stereocenters. The average molecular weight is 309 g/mol. The van der Waals surface area contributed by atoms with Gasteiger partial charge < -0.3 is 8.94 Å². The Bertz CT molecular complexity index is 775. The number of rotatable bonds is 6. The Morgan fingerprint density at radius 2 is 2.13 bits per heavy atom. The van der Waals surface area contributed by atoms with Crippen LogP contribution < -0.4 is 0 Å². The summed E-state index contributed by atoms with van der Waals surface area (Å²) in [5.74, 6) is 2.08. The molecule has 0 saturated heterocycles. The first-order valence-electron chi connectivity index (χ1n) is 7.49. The van der Waals surface area contributed by atoms with Gasteiger partial charge in [-0.1, -0.05) is 35.0 Å². The second kappa shape index (κ2) is 7.07. The van der Waals surface area contributed by atoms with Crippen LogP contribution in [-0.2, 0) is 6.54 Å². The highest BCUT2D eigenvalue weighted by Gasteiger charge is 2.10. The molecule has 2 aromatic heterocycles. The van der Waals surface area contributed by atoms with Gasteiger partial charge in [0.05, 0.1) is 12.8 Å². The third kappa shape index (κ3) is 4.17. The minimum Gasteiger partial charge on any atom is -0.465 e. The van der Waals surface area contributed by atoms with Crippen molar-refractivity contribution in [3.8, 4) is 11.4 Å². The maximum atomic E-state index is 5.34. The van der Waals surface area contributed by atoms with Gasteiger partial charge in [-0.25, -0.2) is 0 Å². The molecular weight excluding hydrogens is 290 g/mol. The Morgan fingerprint density at radius 1 is 1.22 bits per heavy atom. The van der Waals surface area contributed by atoms with Crippen LogP contribution in [0.25, 0.3) is 17.5 Å². The van der Waals surface area contributed by atoms with Crippen LogP contribution in [0.2, 0.25) is 0 Å². The van der Waals surface area contributed by atoms with Crippen molar-refractivity contribution in [1.82, 2.24) is 15.0 Å². The van der Waals surface area contributed by atoms with Gasteiger partial charge in [-0.2, -0.15) is 4.98 Å². The molecule has 118 valence electrons. The highest BCUT2D eigenvalue weighted by Crippen LogP contribution is 2.17. The molecule has 0 amide bonds. The number of furan rings is 1. The molecule has 2 heterocycles. The van der Waals surface area contributed by atoms with Gasteiger partial charge in [-0.3, -0.25) is 4.90 Å². The summed E-state index contributed by atoms with van der Waals surface area (Å²) in [6, 6.07) is 11.9. The van der Waals surface area contributed by atoms with Crippen LogP contribution in [-0.4, -0.2) is 28.6 Å². The first-order chi connectivity index (χ1) is 11.2. The minimum atomic E-state index is 0.599. The first kappa shape index (κ1) is 15.2. The topological polar surface area (TPSA) is 55.3 Å². The summed E-state index contributed by atoms with van der Waals surface area (Å²) in [5.41, 5.74) is 2.15. The molecule has 0 spiro atoms. The molecule has 0 N–H and O–H groups in total. The van der Waals surface area contributed by atoms with E-state index in [0.717, 1.165) is 17.9 Å². The SMILES string of the molecule is Cc1cccc(-c2noc(CN(C)CC=Cc3ccco3)n2)c1. The normalized spacial score (nSPS) is 11.6. The quantitative estimate of drug-likeness (QED) is 0.693. The molecular formula is C18H19N3O2. The molecule has 0 saturated carbocycles. The van der Waals surface area contributed by atoms with Crippen molar-refractivity contribution in [2.45, 2.75) is 13.5 Å². The fourth-order valence-electron chi connectivity index (χ4n) is 2.25. The predicted octanol–water partition coefficient (Wildman–Crippen LogP) is 3.78. The van der Waals surface area contributed by atoms with Crippen LogP contribution in [0.4, 0.5) is 0 Å². The van der Waals surface area contributed by atoms with Gasteiger partial charge in [0.1, 0.15) is 5.76 Å². The molecule has 0 aliphatic carbocycles. The summed E-state index contributed by atoms with van der Waals surface area (Å²) in [7, 11) is 2.00. The van der Waals surface area contributed by atoms with E-state index in [4.69, 9.17) is 8.94 Å². The van der Waals surface area contributed by atoms with Crippen LogP contribution in [0.3, 0.4) is 0 Å². The Labute approximate surface area is 135 Å². The van der Waals surface area contributed by atoms with E-state index in [2.05, 4.69) is 15.0 Å². The smallest absolute Gasteiger partial charge is 0.241 e. The van der Waals surface area contributed by atoms with Crippen LogP contribution in [0.5, 0.6) is 0 Å². The van der Waals surface area contributed by atoms with Crippen molar-refractivity contribution in [2.75, 3.05) is 13.6 Å². The lowest BCUT2D eigenvalue weighted by molar-refractivity contribution is 0.286. The number of benzene rings is 1. The summed E-state index contributed by atoms with van der Waals surface area (Å²) in [6.45, 7) is 3.41. The Kier molecular flexibility index (Phi) is 4.68. The lowest BCUT2D eigenvalue weighted by Gasteiger charge is -2.10. The van der Waals surface area contributed by atoms with Crippen molar-refractivity contribution in [3.05, 3.63) is 66.0 Å². The van der Waals surface area contributed by atoms with Crippen molar-refractivity contribution < 1.29 is 8.94 Å². The number of nitrogens with zero attached hydrogens (tertiary/aromatic N) is 3. The fourth-order valence-corrected chi connectivity index (χ4v) is 2.25. The average Bonchev–Trinajstić information content (AvgIpc) is 3.19. The second-order valence-electron chi connectivity index (χ2n) is 5.50. The number of aryl methyl sites for hydroxylation is 1. The number of hydrogen-bond acceptors (Lipinski definition) is 5. The lowest BCUT2D eigenvalue weighted by Crippen LogP contribution is -2.17. The molecule has 1 aromatic carbocycles. The van der Waals surface area contributed by atoms with E-state index in [-0.39, 0.29) is 0 Å². The molecule has 0 radical (unpaired) electrons. The second-order valence-corrected chi connectivity index (χ2v) is 5.50. The van der Waals surface area contributed by atoms with Gasteiger partial charge in [0, 0.05) is 12.1 Å². The van der Waals surface area contributed by atoms with Gasteiger partial charge in [0.25, 0.3) is 0 Å². The highest BCUT2D eigenvalue weighted by molar-refractivity contribution is 5.55. The molecule has 0 bridgehead atoms. The Balaban J connectivity index is 1.58. The molecule has 5 nitrogen and oxygen atoms in total. The number of aromatic nitrogens is 2. The van der Waals surface area contributed by atoms with E-state index in [1.165, 1.54) is 5.56 Å². The molecule has 23 heavy (non-hydrogen) atoms. The minimum absolute atomic E-state index is 0.599. The standard InChI is InChI=1S/C18H19N3O2/c1-14-6-3-7-15(12-14)18-19-17(23-20-18)13-21(2)10-4-8-16-9-5-11-22-16/h3-9,11-12H,10,13H2,1-2H3. The van der Waals surface area contributed by atoms with Crippen LogP contribution in [0, 0.1) is 6.92 Å². The number of likely N-dealkylation sites (N-methyl/N-ethyl adjacent to an activating group) is 1. The van der Waals surface area contributed by atoms with Gasteiger partial charge in [-0.15, -0.1) is 0 Å². The van der Waals surface area contributed by atoms with Gasteiger partial charge >= 0.3 is 0 Å². The largest absolute Gasteiger partial charge is 0.465 e. The van der Waals surface area contributed by atoms with E-state index >= 15 is 0 Å². The molecule has 5 heteroatoms. The summed E-state index contributed by atoms with van der Waals surface area (Å²) in [5, 5.41) is 4.06. The third-order valence-corrected chi connectivity index (χ3v) is 3.39. The van der Waals surface area contributed by atoms with E-state index in [9.17, 15) is 0 Å². The summed E-state index contributed by atoms with van der Waals surface area (Å²) in [4.78, 5) is 6.55. The van der Waals surface area contributed by atoms with Crippen molar-refractivity contribution in [2.24, 2.45) is 0 Å². The fraction of sp³-hybridized carbons (Fsp3) is 0.222. The van der Waals surface area contributed by atoms with Crippen LogP contribution >= 0.6 is 0 Å². The summed E-state index contributed by atoms with van der Waals surface area (Å²) >= 11 is 0. The van der Waals surface area contributed by atoms with Crippen LogP contribution in [0.1, 0.15) is 17.2 Å². The van der Waals surface area contributed by atoms with Crippen molar-refractivity contribution in [1.29, 1.82) is 0 Å². The van der Waals surface area contributed by atoms with Crippen molar-refractivity contribution >= 4 is 6.08 Å². The summed E-state index contributed by atoms with van der Waals surface area (Å²) < 4.78 is 10.6. The molecule has 3 rings (SSSR count). The van der Waals surface area contributed by atoms with E-state index < -0.39 is 0 Å².